The van der Waals surface area contributed by atoms with Crippen LogP contribution in [0.5, 0.6) is 0 Å². The summed E-state index contributed by atoms with van der Waals surface area (Å²) in [6.07, 6.45) is 1.89. The van der Waals surface area contributed by atoms with Crippen molar-refractivity contribution in [2.75, 3.05) is 6.54 Å². The summed E-state index contributed by atoms with van der Waals surface area (Å²) in [4.78, 5) is 58.1. The van der Waals surface area contributed by atoms with Crippen LogP contribution < -0.4 is 16.6 Å². The van der Waals surface area contributed by atoms with E-state index >= 15 is 0 Å². The quantitative estimate of drug-likeness (QED) is 0.498. The highest BCUT2D eigenvalue weighted by molar-refractivity contribution is 5.90. The van der Waals surface area contributed by atoms with Crippen LogP contribution in [0.15, 0.2) is 26.1 Å². The molecule has 1 fully saturated rings. The maximum absolute atomic E-state index is 12.7. The predicted molar refractivity (Wildman–Crippen MR) is 115 cm³/mol. The van der Waals surface area contributed by atoms with Crippen molar-refractivity contribution >= 4 is 23.0 Å². The Bertz CT molecular complexity index is 1300. The molecule has 0 spiro atoms. The topological polar surface area (TPSA) is 135 Å². The molecule has 2 N–H and O–H groups in total. The average molecular weight is 442 g/mol. The Labute approximate surface area is 183 Å². The maximum atomic E-state index is 12.7. The van der Waals surface area contributed by atoms with Crippen LogP contribution >= 0.6 is 0 Å². The molecule has 4 rings (SSSR count). The zero-order valence-electron chi connectivity index (χ0n) is 18.3. The Morgan fingerprint density at radius 3 is 2.75 bits per heavy atom. The summed E-state index contributed by atoms with van der Waals surface area (Å²) in [7, 11) is 2.98. The molecule has 3 aromatic rings. The van der Waals surface area contributed by atoms with Gasteiger partial charge in [0.1, 0.15) is 28.9 Å². The molecule has 0 bridgehead atoms. The maximum Gasteiger partial charge on any atom is 0.332 e. The molecule has 0 radical (unpaired) electrons. The van der Waals surface area contributed by atoms with Crippen molar-refractivity contribution in [3.8, 4) is 0 Å². The molecule has 1 aliphatic rings. The van der Waals surface area contributed by atoms with Crippen LogP contribution in [0.3, 0.4) is 0 Å². The normalized spacial score (nSPS) is 16.3. The zero-order valence-corrected chi connectivity index (χ0v) is 18.3. The number of carbonyl (C=O) groups is 2. The number of fused-ring (bicyclic) bond motifs is 1. The monoisotopic (exact) mass is 442 g/mol. The number of furan rings is 1. The first kappa shape index (κ1) is 21.6. The average Bonchev–Trinajstić information content (AvgIpc) is 3.48. The Hall–Kier alpha value is -3.63. The van der Waals surface area contributed by atoms with Crippen molar-refractivity contribution in [1.82, 2.24) is 29.3 Å². The van der Waals surface area contributed by atoms with E-state index in [1.54, 1.807) is 11.9 Å². The summed E-state index contributed by atoms with van der Waals surface area (Å²) < 4.78 is 7.90. The Morgan fingerprint density at radius 1 is 1.25 bits per heavy atom. The number of nitrogens with zero attached hydrogens (tertiary/aromatic N) is 4. The first-order chi connectivity index (χ1) is 15.3. The molecule has 0 saturated carbocycles. The van der Waals surface area contributed by atoms with E-state index in [9.17, 15) is 19.2 Å². The minimum Gasteiger partial charge on any atom is -0.464 e. The standard InChI is InChI=1S/C21H26N6O5/c1-12-6-7-13(32-12)11-27-14(8-9-16(27)28)19(29)22-10-4-5-15-23-17-18(24-15)25(2)21(31)26(3)20(17)30/h6-7,14H,4-5,8-11H2,1-3H3,(H,22,29)(H,23,24). The first-order valence-corrected chi connectivity index (χ1v) is 10.5. The number of H-pyrrole nitrogens is 1. The lowest BCUT2D eigenvalue weighted by Gasteiger charge is -2.23. The minimum absolute atomic E-state index is 0.0614. The third-order valence-corrected chi connectivity index (χ3v) is 5.79. The summed E-state index contributed by atoms with van der Waals surface area (Å²) in [5.74, 6) is 1.73. The van der Waals surface area contributed by atoms with E-state index in [1.165, 1.54) is 11.6 Å². The Kier molecular flexibility index (Phi) is 5.72. The van der Waals surface area contributed by atoms with Crippen molar-refractivity contribution in [1.29, 1.82) is 0 Å². The molecule has 11 heteroatoms. The molecule has 0 aliphatic carbocycles. The molecule has 4 heterocycles. The molecule has 1 aliphatic heterocycles. The molecular formula is C21H26N6O5. The number of hydrogen-bond acceptors (Lipinski definition) is 6. The second-order valence-electron chi connectivity index (χ2n) is 8.07. The lowest BCUT2D eigenvalue weighted by Crippen LogP contribution is -2.44. The van der Waals surface area contributed by atoms with E-state index in [-0.39, 0.29) is 23.9 Å². The smallest absolute Gasteiger partial charge is 0.332 e. The van der Waals surface area contributed by atoms with Gasteiger partial charge < -0.3 is 19.6 Å². The molecule has 3 aromatic heterocycles. The van der Waals surface area contributed by atoms with Gasteiger partial charge in [0.05, 0.1) is 6.54 Å². The lowest BCUT2D eigenvalue weighted by molar-refractivity contribution is -0.136. The van der Waals surface area contributed by atoms with Gasteiger partial charge in [-0.25, -0.2) is 9.78 Å². The van der Waals surface area contributed by atoms with E-state index in [2.05, 4.69) is 15.3 Å². The van der Waals surface area contributed by atoms with E-state index in [0.717, 1.165) is 10.3 Å². The molecule has 1 saturated heterocycles. The molecule has 11 nitrogen and oxygen atoms in total. The summed E-state index contributed by atoms with van der Waals surface area (Å²) in [5.41, 5.74) is -0.270. The van der Waals surface area contributed by atoms with Crippen LogP contribution in [0.4, 0.5) is 0 Å². The third kappa shape index (κ3) is 3.97. The van der Waals surface area contributed by atoms with Gasteiger partial charge in [-0.1, -0.05) is 0 Å². The number of nitrogens with one attached hydrogen (secondary N) is 2. The predicted octanol–water partition coefficient (Wildman–Crippen LogP) is 0.102. The molecule has 2 amide bonds. The number of aromatic amines is 1. The molecule has 1 atom stereocenters. The van der Waals surface area contributed by atoms with Gasteiger partial charge in [-0.2, -0.15) is 0 Å². The van der Waals surface area contributed by atoms with Crippen LogP contribution in [0, 0.1) is 6.92 Å². The van der Waals surface area contributed by atoms with Crippen LogP contribution in [0.25, 0.3) is 11.2 Å². The fourth-order valence-electron chi connectivity index (χ4n) is 4.02. The van der Waals surface area contributed by atoms with E-state index in [1.807, 2.05) is 19.1 Å². The Morgan fingerprint density at radius 2 is 2.03 bits per heavy atom. The van der Waals surface area contributed by atoms with Crippen molar-refractivity contribution < 1.29 is 14.0 Å². The van der Waals surface area contributed by atoms with Crippen molar-refractivity contribution in [2.45, 2.75) is 45.2 Å². The first-order valence-electron chi connectivity index (χ1n) is 10.5. The Balaban J connectivity index is 1.34. The summed E-state index contributed by atoms with van der Waals surface area (Å²) in [6, 6.07) is 3.12. The van der Waals surface area contributed by atoms with E-state index in [4.69, 9.17) is 4.42 Å². The summed E-state index contributed by atoms with van der Waals surface area (Å²) >= 11 is 0. The molecule has 1 unspecified atom stereocenters. The third-order valence-electron chi connectivity index (χ3n) is 5.79. The highest BCUT2D eigenvalue weighted by Gasteiger charge is 2.36. The minimum atomic E-state index is -0.517. The van der Waals surface area contributed by atoms with Crippen molar-refractivity contribution in [3.63, 3.8) is 0 Å². The van der Waals surface area contributed by atoms with Crippen LogP contribution in [0.2, 0.25) is 0 Å². The van der Waals surface area contributed by atoms with Crippen LogP contribution in [-0.2, 0) is 36.6 Å². The lowest BCUT2D eigenvalue weighted by atomic mass is 10.2. The van der Waals surface area contributed by atoms with Gasteiger partial charge in [0.15, 0.2) is 5.65 Å². The number of likely N-dealkylation sites (tertiary alicyclic amines) is 1. The molecule has 32 heavy (non-hydrogen) atoms. The van der Waals surface area contributed by atoms with Gasteiger partial charge in [-0.3, -0.25) is 23.5 Å². The molecular weight excluding hydrogens is 416 g/mol. The van der Waals surface area contributed by atoms with Crippen LogP contribution in [-0.4, -0.2) is 48.4 Å². The number of carbonyl (C=O) groups excluding carboxylic acids is 2. The summed E-state index contributed by atoms with van der Waals surface area (Å²) in [6.45, 7) is 2.50. The number of aromatic nitrogens is 4. The molecule has 170 valence electrons. The van der Waals surface area contributed by atoms with Crippen molar-refractivity contribution in [2.24, 2.45) is 14.1 Å². The van der Waals surface area contributed by atoms with Gasteiger partial charge in [-0.15, -0.1) is 0 Å². The number of aryl methyl sites for hydroxylation is 3. The summed E-state index contributed by atoms with van der Waals surface area (Å²) in [5, 5.41) is 2.88. The second-order valence-corrected chi connectivity index (χ2v) is 8.07. The molecule has 0 aromatic carbocycles. The van der Waals surface area contributed by atoms with E-state index in [0.29, 0.717) is 49.5 Å². The van der Waals surface area contributed by atoms with Crippen molar-refractivity contribution in [3.05, 3.63) is 50.3 Å². The van der Waals surface area contributed by atoms with E-state index < -0.39 is 17.3 Å². The van der Waals surface area contributed by atoms with Gasteiger partial charge in [-0.05, 0) is 31.9 Å². The number of hydrogen-bond donors (Lipinski definition) is 2. The van der Waals surface area contributed by atoms with Crippen LogP contribution in [0.1, 0.15) is 36.6 Å². The fraction of sp³-hybridized carbons (Fsp3) is 0.476. The van der Waals surface area contributed by atoms with Gasteiger partial charge in [0.25, 0.3) is 5.56 Å². The number of amides is 2. The SMILES string of the molecule is Cc1ccc(CN2C(=O)CCC2C(=O)NCCCc2nc3c([nH]2)c(=O)n(C)c(=O)n3C)o1. The highest BCUT2D eigenvalue weighted by Crippen LogP contribution is 2.22. The van der Waals surface area contributed by atoms with Gasteiger partial charge >= 0.3 is 5.69 Å². The largest absolute Gasteiger partial charge is 0.464 e. The highest BCUT2D eigenvalue weighted by atomic mass is 16.3. The number of rotatable bonds is 7. The van der Waals surface area contributed by atoms with Gasteiger partial charge in [0, 0.05) is 33.5 Å². The van der Waals surface area contributed by atoms with Gasteiger partial charge in [0.2, 0.25) is 11.8 Å². The fourth-order valence-corrected chi connectivity index (χ4v) is 4.02. The second kappa shape index (κ2) is 8.48. The number of imidazole rings is 1. The zero-order chi connectivity index (χ0) is 23.0.